The Morgan fingerprint density at radius 1 is 1.32 bits per heavy atom. The van der Waals surface area contributed by atoms with Crippen LogP contribution >= 0.6 is 0 Å². The third-order valence-electron chi connectivity index (χ3n) is 2.68. The van der Waals surface area contributed by atoms with Gasteiger partial charge in [0.2, 0.25) is 0 Å². The van der Waals surface area contributed by atoms with Crippen LogP contribution in [-0.2, 0) is 6.54 Å². The van der Waals surface area contributed by atoms with E-state index in [0.29, 0.717) is 12.1 Å². The number of imidazole rings is 1. The smallest absolute Gasteiger partial charge is 0.269 e. The monoisotopic (exact) mass is 258 g/mol. The first-order chi connectivity index (χ1) is 9.13. The summed E-state index contributed by atoms with van der Waals surface area (Å²) in [6.07, 6.45) is 1.47. The molecule has 0 aliphatic rings. The molecule has 2 aromatic rings. The molecule has 0 unspecified atom stereocenters. The van der Waals surface area contributed by atoms with Gasteiger partial charge in [0.25, 0.3) is 11.8 Å². The Hall–Kier alpha value is -2.63. The van der Waals surface area contributed by atoms with Crippen LogP contribution in [0.2, 0.25) is 0 Å². The van der Waals surface area contributed by atoms with Crippen molar-refractivity contribution < 1.29 is 9.59 Å². The summed E-state index contributed by atoms with van der Waals surface area (Å²) < 4.78 is 1.59. The number of primary amides is 1. The Labute approximate surface area is 110 Å². The van der Waals surface area contributed by atoms with Gasteiger partial charge in [-0.15, -0.1) is 0 Å². The number of carbonyl (C=O) groups excluding carboxylic acids is 2. The average Bonchev–Trinajstić information content (AvgIpc) is 2.82. The first-order valence-electron chi connectivity index (χ1n) is 5.84. The van der Waals surface area contributed by atoms with Crippen molar-refractivity contribution in [1.29, 1.82) is 0 Å². The van der Waals surface area contributed by atoms with Crippen LogP contribution in [-0.4, -0.2) is 21.4 Å². The number of aromatic nitrogens is 2. The Bertz CT molecular complexity index is 604. The quantitative estimate of drug-likeness (QED) is 0.864. The summed E-state index contributed by atoms with van der Waals surface area (Å²) in [6.45, 7) is 2.41. The minimum Gasteiger partial charge on any atom is -0.364 e. The van der Waals surface area contributed by atoms with Crippen LogP contribution < -0.4 is 11.1 Å². The lowest BCUT2D eigenvalue weighted by Crippen LogP contribution is -2.20. The van der Waals surface area contributed by atoms with Gasteiger partial charge in [-0.1, -0.05) is 18.2 Å². The fraction of sp³-hybridized carbons (Fsp3) is 0.154. The van der Waals surface area contributed by atoms with Crippen molar-refractivity contribution in [2.24, 2.45) is 5.73 Å². The van der Waals surface area contributed by atoms with E-state index in [2.05, 4.69) is 10.3 Å². The second kappa shape index (κ2) is 5.34. The number of carbonyl (C=O) groups is 2. The molecule has 0 radical (unpaired) electrons. The maximum Gasteiger partial charge on any atom is 0.269 e. The van der Waals surface area contributed by atoms with Gasteiger partial charge >= 0.3 is 0 Å². The van der Waals surface area contributed by atoms with Gasteiger partial charge in [-0.25, -0.2) is 4.98 Å². The van der Waals surface area contributed by atoms with Crippen molar-refractivity contribution in [2.45, 2.75) is 13.5 Å². The summed E-state index contributed by atoms with van der Waals surface area (Å²) in [5, 5.41) is 2.59. The van der Waals surface area contributed by atoms with Gasteiger partial charge in [0, 0.05) is 12.1 Å². The Morgan fingerprint density at radius 2 is 2.00 bits per heavy atom. The number of anilines is 1. The molecule has 3 N–H and O–H groups in total. The summed E-state index contributed by atoms with van der Waals surface area (Å²) in [5.74, 6) is -0.768. The molecular weight excluding hydrogens is 244 g/mol. The van der Waals surface area contributed by atoms with Gasteiger partial charge in [-0.2, -0.15) is 0 Å². The first kappa shape index (κ1) is 12.8. The van der Waals surface area contributed by atoms with Crippen LogP contribution in [0.3, 0.4) is 0 Å². The second-order valence-corrected chi connectivity index (χ2v) is 3.91. The highest BCUT2D eigenvalue weighted by Gasteiger charge is 2.17. The van der Waals surface area contributed by atoms with Gasteiger partial charge in [-0.05, 0) is 19.1 Å². The van der Waals surface area contributed by atoms with E-state index < -0.39 is 5.91 Å². The predicted octanol–water partition coefficient (Wildman–Crippen LogP) is 1.25. The number of rotatable bonds is 4. The van der Waals surface area contributed by atoms with Crippen LogP contribution in [0.4, 0.5) is 5.82 Å². The first-order valence-corrected chi connectivity index (χ1v) is 5.84. The molecular formula is C13H14N4O2. The second-order valence-electron chi connectivity index (χ2n) is 3.91. The van der Waals surface area contributed by atoms with Crippen molar-refractivity contribution in [1.82, 2.24) is 9.55 Å². The number of nitrogens with zero attached hydrogens (tertiary/aromatic N) is 2. The fourth-order valence-electron chi connectivity index (χ4n) is 1.74. The number of hydrogen-bond acceptors (Lipinski definition) is 3. The van der Waals surface area contributed by atoms with E-state index in [-0.39, 0.29) is 17.4 Å². The molecule has 19 heavy (non-hydrogen) atoms. The number of benzene rings is 1. The van der Waals surface area contributed by atoms with Crippen LogP contribution in [0.1, 0.15) is 27.8 Å². The Morgan fingerprint density at radius 3 is 2.58 bits per heavy atom. The van der Waals surface area contributed by atoms with Gasteiger partial charge < -0.3 is 15.6 Å². The molecule has 1 heterocycles. The van der Waals surface area contributed by atoms with Crippen molar-refractivity contribution in [3.8, 4) is 0 Å². The molecule has 6 nitrogen and oxygen atoms in total. The third-order valence-corrected chi connectivity index (χ3v) is 2.68. The zero-order chi connectivity index (χ0) is 13.8. The SMILES string of the molecule is CCn1cnc(NC(=O)c2ccccc2)c1C(N)=O. The number of aryl methyl sites for hydroxylation is 1. The molecule has 6 heteroatoms. The molecule has 0 bridgehead atoms. The van der Waals surface area contributed by atoms with E-state index in [9.17, 15) is 9.59 Å². The minimum atomic E-state index is -0.622. The lowest BCUT2D eigenvalue weighted by atomic mass is 10.2. The summed E-state index contributed by atoms with van der Waals surface area (Å²) in [5.41, 5.74) is 5.99. The predicted molar refractivity (Wildman–Crippen MR) is 70.8 cm³/mol. The van der Waals surface area contributed by atoms with E-state index >= 15 is 0 Å². The lowest BCUT2D eigenvalue weighted by molar-refractivity contribution is 0.0992. The maximum absolute atomic E-state index is 12.0. The molecule has 0 aliphatic carbocycles. The molecule has 1 aromatic heterocycles. The van der Waals surface area contributed by atoms with Crippen LogP contribution in [0, 0.1) is 0 Å². The van der Waals surface area contributed by atoms with Crippen molar-refractivity contribution in [2.75, 3.05) is 5.32 Å². The van der Waals surface area contributed by atoms with Crippen LogP contribution in [0.25, 0.3) is 0 Å². The molecule has 0 aliphatic heterocycles. The average molecular weight is 258 g/mol. The zero-order valence-corrected chi connectivity index (χ0v) is 10.5. The number of amides is 2. The zero-order valence-electron chi connectivity index (χ0n) is 10.5. The molecule has 0 fully saturated rings. The number of nitrogens with one attached hydrogen (secondary N) is 1. The summed E-state index contributed by atoms with van der Waals surface area (Å²) >= 11 is 0. The van der Waals surface area contributed by atoms with Gasteiger partial charge in [0.1, 0.15) is 0 Å². The number of nitrogens with two attached hydrogens (primary N) is 1. The Balaban J connectivity index is 2.27. The van der Waals surface area contributed by atoms with E-state index in [1.165, 1.54) is 6.33 Å². The van der Waals surface area contributed by atoms with E-state index in [1.807, 2.05) is 13.0 Å². The van der Waals surface area contributed by atoms with Gasteiger partial charge in [-0.3, -0.25) is 9.59 Å². The number of hydrogen-bond donors (Lipinski definition) is 2. The van der Waals surface area contributed by atoms with Crippen LogP contribution in [0.15, 0.2) is 36.7 Å². The summed E-state index contributed by atoms with van der Waals surface area (Å²) in [6, 6.07) is 8.69. The van der Waals surface area contributed by atoms with Gasteiger partial charge in [0.15, 0.2) is 11.5 Å². The van der Waals surface area contributed by atoms with Crippen molar-refractivity contribution in [3.05, 3.63) is 47.9 Å². The molecule has 0 saturated heterocycles. The molecule has 0 saturated carbocycles. The topological polar surface area (TPSA) is 90.0 Å². The minimum absolute atomic E-state index is 0.184. The van der Waals surface area contributed by atoms with Crippen LogP contribution in [0.5, 0.6) is 0 Å². The van der Waals surface area contributed by atoms with E-state index in [4.69, 9.17) is 5.73 Å². The Kier molecular flexibility index (Phi) is 3.61. The summed E-state index contributed by atoms with van der Waals surface area (Å²) in [7, 11) is 0. The molecule has 2 rings (SSSR count). The molecule has 98 valence electrons. The highest BCUT2D eigenvalue weighted by molar-refractivity contribution is 6.07. The van der Waals surface area contributed by atoms with Gasteiger partial charge in [0.05, 0.1) is 6.33 Å². The maximum atomic E-state index is 12.0. The molecule has 0 atom stereocenters. The summed E-state index contributed by atoms with van der Waals surface area (Å²) in [4.78, 5) is 27.4. The lowest BCUT2D eigenvalue weighted by Gasteiger charge is -2.05. The molecule has 0 spiro atoms. The highest BCUT2D eigenvalue weighted by Crippen LogP contribution is 2.14. The van der Waals surface area contributed by atoms with Crippen molar-refractivity contribution >= 4 is 17.6 Å². The highest BCUT2D eigenvalue weighted by atomic mass is 16.2. The van der Waals surface area contributed by atoms with E-state index in [0.717, 1.165) is 0 Å². The normalized spacial score (nSPS) is 10.2. The van der Waals surface area contributed by atoms with Crippen molar-refractivity contribution in [3.63, 3.8) is 0 Å². The fourth-order valence-corrected chi connectivity index (χ4v) is 1.74. The largest absolute Gasteiger partial charge is 0.364 e. The third kappa shape index (κ3) is 2.62. The standard InChI is InChI=1S/C13H14N4O2/c1-2-17-8-15-12(10(17)11(14)18)16-13(19)9-6-4-3-5-7-9/h3-8H,2H2,1H3,(H2,14,18)(H,16,19). The molecule has 1 aromatic carbocycles. The molecule has 2 amide bonds. The van der Waals surface area contributed by atoms with E-state index in [1.54, 1.807) is 28.8 Å².